The Balaban J connectivity index is 1.56. The molecule has 8 heteroatoms. The number of piperidine rings is 1. The highest BCUT2D eigenvalue weighted by Crippen LogP contribution is 2.27. The molecule has 0 saturated carbocycles. The predicted octanol–water partition coefficient (Wildman–Crippen LogP) is 3.87. The van der Waals surface area contributed by atoms with Crippen molar-refractivity contribution >= 4 is 21.6 Å². The molecule has 3 rings (SSSR count). The van der Waals surface area contributed by atoms with Gasteiger partial charge in [-0.05, 0) is 88.1 Å². The molecule has 0 spiro atoms. The van der Waals surface area contributed by atoms with E-state index in [1.165, 1.54) is 12.8 Å². The third-order valence-electron chi connectivity index (χ3n) is 5.99. The van der Waals surface area contributed by atoms with E-state index in [1.807, 2.05) is 30.3 Å². The molecule has 2 aromatic rings. The Kier molecular flexibility index (Phi) is 8.74. The number of sulfonamides is 1. The summed E-state index contributed by atoms with van der Waals surface area (Å²) in [6.45, 7) is 7.58. The summed E-state index contributed by atoms with van der Waals surface area (Å²) < 4.78 is 32.0. The Hall–Kier alpha value is -2.58. The van der Waals surface area contributed by atoms with Gasteiger partial charge in [0.2, 0.25) is 15.9 Å². The van der Waals surface area contributed by atoms with Crippen molar-refractivity contribution in [3.8, 4) is 11.5 Å². The lowest BCUT2D eigenvalue weighted by atomic mass is 9.99. The number of benzene rings is 2. The number of para-hydroxylation sites is 1. The Bertz CT molecular complexity index is 988. The molecule has 0 bridgehead atoms. The molecule has 1 aliphatic heterocycles. The number of carbonyl (C=O) groups excluding carboxylic acids is 1. The van der Waals surface area contributed by atoms with Crippen molar-refractivity contribution in [3.63, 3.8) is 0 Å². The minimum Gasteiger partial charge on any atom is -0.457 e. The summed E-state index contributed by atoms with van der Waals surface area (Å²) in [6, 6.07) is 15.2. The van der Waals surface area contributed by atoms with Gasteiger partial charge in [-0.2, -0.15) is 0 Å². The number of ether oxygens (including phenoxy) is 1. The molecule has 1 heterocycles. The summed E-state index contributed by atoms with van der Waals surface area (Å²) in [5.41, 5.74) is 0.419. The highest BCUT2D eigenvalue weighted by Gasteiger charge is 2.29. The van der Waals surface area contributed by atoms with E-state index < -0.39 is 16.1 Å². The Morgan fingerprint density at radius 1 is 1.09 bits per heavy atom. The number of hydrogen-bond acceptors (Lipinski definition) is 5. The van der Waals surface area contributed by atoms with Crippen molar-refractivity contribution in [2.45, 2.75) is 39.2 Å². The SMILES string of the molecule is CC1CCN(CCCNC(=O)[C@@H](C)N(c2ccc(Oc3ccccc3)cc2)S(C)(=O)=O)CC1. The van der Waals surface area contributed by atoms with Gasteiger partial charge in [-0.25, -0.2) is 8.42 Å². The standard InChI is InChI=1S/C25H35N3O4S/c1-20-14-18-27(19-15-20)17-7-16-26-25(29)21(2)28(33(3,30)31)22-10-12-24(13-11-22)32-23-8-5-4-6-9-23/h4-6,8-13,20-21H,7,14-19H2,1-3H3,(H,26,29)/t21-/m1/s1. The van der Waals surface area contributed by atoms with Gasteiger partial charge in [-0.3, -0.25) is 9.10 Å². The molecule has 1 atom stereocenters. The average molecular weight is 474 g/mol. The highest BCUT2D eigenvalue weighted by atomic mass is 32.2. The number of likely N-dealkylation sites (tertiary alicyclic amines) is 1. The van der Waals surface area contributed by atoms with Gasteiger partial charge in [-0.1, -0.05) is 25.1 Å². The molecule has 0 radical (unpaired) electrons. The first-order valence-corrected chi connectivity index (χ1v) is 13.4. The van der Waals surface area contributed by atoms with Crippen LogP contribution in [0.3, 0.4) is 0 Å². The molecule has 7 nitrogen and oxygen atoms in total. The van der Waals surface area contributed by atoms with E-state index in [-0.39, 0.29) is 5.91 Å². The van der Waals surface area contributed by atoms with E-state index in [4.69, 9.17) is 4.74 Å². The second-order valence-corrected chi connectivity index (χ2v) is 10.7. The van der Waals surface area contributed by atoms with E-state index in [9.17, 15) is 13.2 Å². The third kappa shape index (κ3) is 7.47. The van der Waals surface area contributed by atoms with Gasteiger partial charge in [-0.15, -0.1) is 0 Å². The quantitative estimate of drug-likeness (QED) is 0.530. The number of nitrogens with one attached hydrogen (secondary N) is 1. The molecule has 1 amide bonds. The average Bonchev–Trinajstić information content (AvgIpc) is 2.79. The summed E-state index contributed by atoms with van der Waals surface area (Å²) in [7, 11) is -3.66. The van der Waals surface area contributed by atoms with Gasteiger partial charge in [0.15, 0.2) is 0 Å². The molecule has 180 valence electrons. The zero-order valence-electron chi connectivity index (χ0n) is 19.7. The van der Waals surface area contributed by atoms with Crippen LogP contribution in [0.4, 0.5) is 5.69 Å². The van der Waals surface area contributed by atoms with Crippen LogP contribution in [0.25, 0.3) is 0 Å². The maximum atomic E-state index is 12.8. The van der Waals surface area contributed by atoms with E-state index in [0.29, 0.717) is 23.7 Å². The van der Waals surface area contributed by atoms with Gasteiger partial charge in [0.25, 0.3) is 0 Å². The van der Waals surface area contributed by atoms with Crippen LogP contribution in [0.5, 0.6) is 11.5 Å². The van der Waals surface area contributed by atoms with Crippen LogP contribution in [-0.2, 0) is 14.8 Å². The molecular weight excluding hydrogens is 438 g/mol. The van der Waals surface area contributed by atoms with Crippen molar-refractivity contribution in [2.75, 3.05) is 36.7 Å². The van der Waals surface area contributed by atoms with Gasteiger partial charge < -0.3 is 15.0 Å². The minimum atomic E-state index is -3.66. The molecule has 33 heavy (non-hydrogen) atoms. The van der Waals surface area contributed by atoms with Gasteiger partial charge in [0, 0.05) is 6.54 Å². The van der Waals surface area contributed by atoms with E-state index in [1.54, 1.807) is 31.2 Å². The monoisotopic (exact) mass is 473 g/mol. The van der Waals surface area contributed by atoms with Gasteiger partial charge in [0.1, 0.15) is 17.5 Å². The maximum absolute atomic E-state index is 12.8. The summed E-state index contributed by atoms with van der Waals surface area (Å²) >= 11 is 0. The number of carbonyl (C=O) groups is 1. The van der Waals surface area contributed by atoms with E-state index in [0.717, 1.165) is 42.5 Å². The molecule has 1 N–H and O–H groups in total. The lowest BCUT2D eigenvalue weighted by Crippen LogP contribution is -2.48. The van der Waals surface area contributed by atoms with Gasteiger partial charge >= 0.3 is 0 Å². The fraction of sp³-hybridized carbons (Fsp3) is 0.480. The lowest BCUT2D eigenvalue weighted by Gasteiger charge is -2.30. The molecule has 1 aliphatic rings. The second-order valence-electron chi connectivity index (χ2n) is 8.81. The molecule has 1 saturated heterocycles. The zero-order valence-corrected chi connectivity index (χ0v) is 20.6. The molecule has 2 aromatic carbocycles. The van der Waals surface area contributed by atoms with Crippen molar-refractivity contribution in [3.05, 3.63) is 54.6 Å². The predicted molar refractivity (Wildman–Crippen MR) is 132 cm³/mol. The highest BCUT2D eigenvalue weighted by molar-refractivity contribution is 7.92. The van der Waals surface area contributed by atoms with Crippen molar-refractivity contribution in [1.82, 2.24) is 10.2 Å². The number of hydrogen-bond donors (Lipinski definition) is 1. The smallest absolute Gasteiger partial charge is 0.243 e. The normalized spacial score (nSPS) is 16.2. The van der Waals surface area contributed by atoms with Crippen LogP contribution in [-0.4, -0.2) is 57.7 Å². The second kappa shape index (κ2) is 11.5. The molecule has 1 fully saturated rings. The molecule has 0 unspecified atom stereocenters. The molecular formula is C25H35N3O4S. The largest absolute Gasteiger partial charge is 0.457 e. The number of nitrogens with zero attached hydrogens (tertiary/aromatic N) is 2. The first-order chi connectivity index (χ1) is 15.7. The fourth-order valence-electron chi connectivity index (χ4n) is 4.04. The molecule has 0 aliphatic carbocycles. The van der Waals surface area contributed by atoms with Crippen LogP contribution < -0.4 is 14.4 Å². The summed E-state index contributed by atoms with van der Waals surface area (Å²) in [6.07, 6.45) is 4.41. The van der Waals surface area contributed by atoms with Crippen molar-refractivity contribution in [2.24, 2.45) is 5.92 Å². The summed E-state index contributed by atoms with van der Waals surface area (Å²) in [5.74, 6) is 1.76. The van der Waals surface area contributed by atoms with Crippen LogP contribution in [0.2, 0.25) is 0 Å². The topological polar surface area (TPSA) is 79.0 Å². The summed E-state index contributed by atoms with van der Waals surface area (Å²) in [5, 5.41) is 2.90. The van der Waals surface area contributed by atoms with Crippen LogP contribution in [0, 0.1) is 5.92 Å². The van der Waals surface area contributed by atoms with Crippen molar-refractivity contribution < 1.29 is 17.9 Å². The minimum absolute atomic E-state index is 0.308. The van der Waals surface area contributed by atoms with Crippen molar-refractivity contribution in [1.29, 1.82) is 0 Å². The van der Waals surface area contributed by atoms with E-state index in [2.05, 4.69) is 17.1 Å². The summed E-state index contributed by atoms with van der Waals surface area (Å²) in [4.78, 5) is 15.2. The zero-order chi connectivity index (χ0) is 23.8. The first-order valence-electron chi connectivity index (χ1n) is 11.6. The number of anilines is 1. The van der Waals surface area contributed by atoms with Crippen LogP contribution >= 0.6 is 0 Å². The number of rotatable bonds is 10. The lowest BCUT2D eigenvalue weighted by molar-refractivity contribution is -0.121. The van der Waals surface area contributed by atoms with Crippen LogP contribution in [0.15, 0.2) is 54.6 Å². The maximum Gasteiger partial charge on any atom is 0.243 e. The first kappa shape index (κ1) is 25.1. The Morgan fingerprint density at radius 2 is 1.70 bits per heavy atom. The Labute approximate surface area is 197 Å². The fourth-order valence-corrected chi connectivity index (χ4v) is 5.22. The number of amides is 1. The molecule has 0 aromatic heterocycles. The third-order valence-corrected chi connectivity index (χ3v) is 7.23. The van der Waals surface area contributed by atoms with Gasteiger partial charge in [0.05, 0.1) is 11.9 Å². The Morgan fingerprint density at radius 3 is 2.30 bits per heavy atom. The van der Waals surface area contributed by atoms with Crippen LogP contribution in [0.1, 0.15) is 33.1 Å². The van der Waals surface area contributed by atoms with E-state index >= 15 is 0 Å².